The van der Waals surface area contributed by atoms with Crippen molar-refractivity contribution in [2.75, 3.05) is 12.4 Å². The summed E-state index contributed by atoms with van der Waals surface area (Å²) >= 11 is 1.29. The molecule has 0 unspecified atom stereocenters. The van der Waals surface area contributed by atoms with E-state index < -0.39 is 11.9 Å². The SMILES string of the molecule is COC(=O)c1c(NC(=O)CCCC(=O)[O-])sc(C)c1C. The van der Waals surface area contributed by atoms with E-state index in [1.54, 1.807) is 6.92 Å². The number of amides is 1. The zero-order chi connectivity index (χ0) is 15.3. The molecule has 0 spiro atoms. The Balaban J connectivity index is 2.77. The number of esters is 1. The molecule has 0 atom stereocenters. The number of carbonyl (C=O) groups is 3. The van der Waals surface area contributed by atoms with Crippen molar-refractivity contribution in [1.29, 1.82) is 0 Å². The number of aryl methyl sites for hydroxylation is 1. The highest BCUT2D eigenvalue weighted by molar-refractivity contribution is 7.16. The van der Waals surface area contributed by atoms with Crippen molar-refractivity contribution in [2.45, 2.75) is 33.1 Å². The van der Waals surface area contributed by atoms with Gasteiger partial charge in [-0.05, 0) is 32.3 Å². The Morgan fingerprint density at radius 2 is 1.90 bits per heavy atom. The van der Waals surface area contributed by atoms with E-state index in [4.69, 9.17) is 4.74 Å². The van der Waals surface area contributed by atoms with E-state index in [-0.39, 0.29) is 25.2 Å². The molecule has 1 amide bonds. The lowest BCUT2D eigenvalue weighted by atomic mass is 10.1. The fourth-order valence-electron chi connectivity index (χ4n) is 1.65. The second kappa shape index (κ2) is 7.04. The Kier molecular flexibility index (Phi) is 5.69. The van der Waals surface area contributed by atoms with Crippen molar-refractivity contribution < 1.29 is 24.2 Å². The van der Waals surface area contributed by atoms with Crippen LogP contribution in [0.15, 0.2) is 0 Å². The Morgan fingerprint density at radius 3 is 2.45 bits per heavy atom. The summed E-state index contributed by atoms with van der Waals surface area (Å²) in [4.78, 5) is 34.6. The largest absolute Gasteiger partial charge is 0.550 e. The number of thiophene rings is 1. The molecule has 7 heteroatoms. The van der Waals surface area contributed by atoms with Gasteiger partial charge in [0.15, 0.2) is 0 Å². The molecule has 0 fully saturated rings. The molecule has 20 heavy (non-hydrogen) atoms. The molecule has 0 aliphatic rings. The monoisotopic (exact) mass is 298 g/mol. The number of nitrogens with one attached hydrogen (secondary N) is 1. The third kappa shape index (κ3) is 4.06. The standard InChI is InChI=1S/C13H17NO5S/c1-7-8(2)20-12(11(7)13(18)19-3)14-9(15)5-4-6-10(16)17/h4-6H2,1-3H3,(H,14,15)(H,16,17)/p-1. The van der Waals surface area contributed by atoms with E-state index in [0.29, 0.717) is 10.6 Å². The first-order chi connectivity index (χ1) is 9.36. The highest BCUT2D eigenvalue weighted by Gasteiger charge is 2.21. The number of carboxylic acids is 1. The summed E-state index contributed by atoms with van der Waals surface area (Å²) in [6.45, 7) is 3.63. The number of carboxylic acid groups (broad SMARTS) is 1. The van der Waals surface area contributed by atoms with E-state index in [0.717, 1.165) is 10.4 Å². The third-order valence-corrected chi connectivity index (χ3v) is 3.94. The number of methoxy groups -OCH3 is 1. The predicted octanol–water partition coefficient (Wildman–Crippen LogP) is 1.01. The summed E-state index contributed by atoms with van der Waals surface area (Å²) in [5.74, 6) is -2.02. The van der Waals surface area contributed by atoms with Crippen molar-refractivity contribution in [3.05, 3.63) is 16.0 Å². The summed E-state index contributed by atoms with van der Waals surface area (Å²) in [5, 5.41) is 13.3. The summed E-state index contributed by atoms with van der Waals surface area (Å²) in [6.07, 6.45) is 0.0927. The fourth-order valence-corrected chi connectivity index (χ4v) is 2.71. The molecule has 6 nitrogen and oxygen atoms in total. The second-order valence-electron chi connectivity index (χ2n) is 4.25. The molecule has 0 radical (unpaired) electrons. The molecule has 0 saturated heterocycles. The maximum Gasteiger partial charge on any atom is 0.341 e. The molecule has 0 aliphatic heterocycles. The van der Waals surface area contributed by atoms with E-state index in [1.807, 2.05) is 6.92 Å². The number of hydrogen-bond acceptors (Lipinski definition) is 6. The molecular weight excluding hydrogens is 282 g/mol. The van der Waals surface area contributed by atoms with Gasteiger partial charge in [0.2, 0.25) is 5.91 Å². The normalized spacial score (nSPS) is 10.2. The van der Waals surface area contributed by atoms with Gasteiger partial charge in [-0.15, -0.1) is 11.3 Å². The molecule has 110 valence electrons. The van der Waals surface area contributed by atoms with Gasteiger partial charge >= 0.3 is 5.97 Å². The van der Waals surface area contributed by atoms with Crippen LogP contribution in [0.1, 0.15) is 40.1 Å². The lowest BCUT2D eigenvalue weighted by Crippen LogP contribution is -2.22. The first-order valence-corrected chi connectivity index (χ1v) is 6.86. The highest BCUT2D eigenvalue weighted by atomic mass is 32.1. The van der Waals surface area contributed by atoms with Crippen LogP contribution in [0.25, 0.3) is 0 Å². The van der Waals surface area contributed by atoms with Gasteiger partial charge in [-0.2, -0.15) is 0 Å². The minimum Gasteiger partial charge on any atom is -0.550 e. The fraction of sp³-hybridized carbons (Fsp3) is 0.462. The molecule has 1 heterocycles. The van der Waals surface area contributed by atoms with E-state index in [9.17, 15) is 19.5 Å². The van der Waals surface area contributed by atoms with Gasteiger partial charge in [-0.3, -0.25) is 4.79 Å². The van der Waals surface area contributed by atoms with Crippen LogP contribution in [-0.2, 0) is 14.3 Å². The number of carbonyl (C=O) groups excluding carboxylic acids is 3. The molecule has 1 aromatic rings. The highest BCUT2D eigenvalue weighted by Crippen LogP contribution is 2.33. The third-order valence-electron chi connectivity index (χ3n) is 2.81. The molecule has 1 N–H and O–H groups in total. The van der Waals surface area contributed by atoms with Crippen LogP contribution in [0, 0.1) is 13.8 Å². The van der Waals surface area contributed by atoms with Gasteiger partial charge in [0.25, 0.3) is 0 Å². The minimum atomic E-state index is -1.18. The quantitative estimate of drug-likeness (QED) is 0.791. The molecule has 1 aromatic heterocycles. The Labute approximate surface area is 120 Å². The topological polar surface area (TPSA) is 95.5 Å². The Bertz CT molecular complexity index is 535. The van der Waals surface area contributed by atoms with Crippen molar-refractivity contribution in [1.82, 2.24) is 0 Å². The molecule has 1 rings (SSSR count). The molecule has 0 bridgehead atoms. The van der Waals surface area contributed by atoms with Crippen LogP contribution < -0.4 is 10.4 Å². The maximum absolute atomic E-state index is 11.7. The lowest BCUT2D eigenvalue weighted by Gasteiger charge is -2.06. The first kappa shape index (κ1) is 16.2. The average molecular weight is 298 g/mol. The van der Waals surface area contributed by atoms with Crippen LogP contribution in [0.5, 0.6) is 0 Å². The first-order valence-electron chi connectivity index (χ1n) is 6.04. The van der Waals surface area contributed by atoms with E-state index in [1.165, 1.54) is 18.4 Å². The number of ether oxygens (including phenoxy) is 1. The molecule has 0 aliphatic carbocycles. The lowest BCUT2D eigenvalue weighted by molar-refractivity contribution is -0.305. The van der Waals surface area contributed by atoms with Crippen LogP contribution in [0.2, 0.25) is 0 Å². The summed E-state index contributed by atoms with van der Waals surface area (Å²) in [5.41, 5.74) is 1.12. The molecule has 0 aromatic carbocycles. The Hall–Kier alpha value is -1.89. The van der Waals surface area contributed by atoms with Crippen molar-refractivity contribution in [3.63, 3.8) is 0 Å². The van der Waals surface area contributed by atoms with Crippen molar-refractivity contribution in [3.8, 4) is 0 Å². The number of hydrogen-bond donors (Lipinski definition) is 1. The van der Waals surface area contributed by atoms with E-state index in [2.05, 4.69) is 5.32 Å². The van der Waals surface area contributed by atoms with Gasteiger partial charge in [-0.1, -0.05) is 0 Å². The minimum absolute atomic E-state index is 0.0601. The van der Waals surface area contributed by atoms with Gasteiger partial charge < -0.3 is 20.0 Å². The van der Waals surface area contributed by atoms with Crippen LogP contribution in [-0.4, -0.2) is 25.0 Å². The summed E-state index contributed by atoms with van der Waals surface area (Å²) in [7, 11) is 1.28. The number of aliphatic carboxylic acids is 1. The van der Waals surface area contributed by atoms with Crippen LogP contribution in [0.3, 0.4) is 0 Å². The summed E-state index contributed by atoms with van der Waals surface area (Å²) < 4.78 is 4.70. The van der Waals surface area contributed by atoms with Crippen molar-refractivity contribution in [2.24, 2.45) is 0 Å². The van der Waals surface area contributed by atoms with E-state index >= 15 is 0 Å². The smallest absolute Gasteiger partial charge is 0.341 e. The number of anilines is 1. The number of rotatable bonds is 6. The van der Waals surface area contributed by atoms with Gasteiger partial charge in [0.1, 0.15) is 5.00 Å². The maximum atomic E-state index is 11.7. The average Bonchev–Trinajstić information content (AvgIpc) is 2.63. The van der Waals surface area contributed by atoms with Crippen LogP contribution in [0.4, 0.5) is 5.00 Å². The second-order valence-corrected chi connectivity index (χ2v) is 5.48. The van der Waals surface area contributed by atoms with Crippen LogP contribution >= 0.6 is 11.3 Å². The van der Waals surface area contributed by atoms with Gasteiger partial charge in [-0.25, -0.2) is 4.79 Å². The zero-order valence-electron chi connectivity index (χ0n) is 11.6. The zero-order valence-corrected chi connectivity index (χ0v) is 12.4. The molecule has 0 saturated carbocycles. The van der Waals surface area contributed by atoms with Gasteiger partial charge in [0, 0.05) is 17.3 Å². The van der Waals surface area contributed by atoms with Gasteiger partial charge in [0.05, 0.1) is 12.7 Å². The summed E-state index contributed by atoms with van der Waals surface area (Å²) in [6, 6.07) is 0. The predicted molar refractivity (Wildman–Crippen MR) is 72.6 cm³/mol. The van der Waals surface area contributed by atoms with Crippen molar-refractivity contribution >= 4 is 34.2 Å². The molecular formula is C13H16NO5S-. The Morgan fingerprint density at radius 1 is 1.25 bits per heavy atom.